The van der Waals surface area contributed by atoms with Gasteiger partial charge >= 0.3 is 5.97 Å². The lowest BCUT2D eigenvalue weighted by molar-refractivity contribution is -0.147. The van der Waals surface area contributed by atoms with Gasteiger partial charge in [-0.3, -0.25) is 4.79 Å². The Kier molecular flexibility index (Phi) is 4.46. The first kappa shape index (κ1) is 14.2. The van der Waals surface area contributed by atoms with Gasteiger partial charge < -0.3 is 10.0 Å². The standard InChI is InChI=1S/C14H18N2O2/c1-14(2,13(17)18)10-16(3)9-12-6-4-5-11(7-12)8-15/h4-7H,9-10H2,1-3H3,(H,17,18). The highest BCUT2D eigenvalue weighted by atomic mass is 16.4. The number of rotatable bonds is 5. The molecule has 0 aromatic heterocycles. The molecule has 0 radical (unpaired) electrons. The molecular weight excluding hydrogens is 228 g/mol. The van der Waals surface area contributed by atoms with Gasteiger partial charge in [-0.25, -0.2) is 0 Å². The Labute approximate surface area is 107 Å². The number of hydrogen-bond donors (Lipinski definition) is 1. The summed E-state index contributed by atoms with van der Waals surface area (Å²) < 4.78 is 0. The predicted octanol–water partition coefficient (Wildman–Crippen LogP) is 2.10. The van der Waals surface area contributed by atoms with Crippen LogP contribution < -0.4 is 0 Å². The zero-order valence-electron chi connectivity index (χ0n) is 11.0. The summed E-state index contributed by atoms with van der Waals surface area (Å²) in [7, 11) is 1.88. The summed E-state index contributed by atoms with van der Waals surface area (Å²) in [5.41, 5.74) is 0.859. The molecule has 18 heavy (non-hydrogen) atoms. The van der Waals surface area contributed by atoms with E-state index in [1.54, 1.807) is 19.9 Å². The van der Waals surface area contributed by atoms with Crippen LogP contribution >= 0.6 is 0 Å². The van der Waals surface area contributed by atoms with Gasteiger partial charge in [-0.1, -0.05) is 12.1 Å². The van der Waals surface area contributed by atoms with E-state index in [2.05, 4.69) is 6.07 Å². The van der Waals surface area contributed by atoms with E-state index >= 15 is 0 Å². The van der Waals surface area contributed by atoms with Crippen LogP contribution in [-0.2, 0) is 11.3 Å². The second-order valence-corrected chi connectivity index (χ2v) is 5.17. The van der Waals surface area contributed by atoms with Crippen molar-refractivity contribution in [1.82, 2.24) is 4.90 Å². The van der Waals surface area contributed by atoms with Crippen LogP contribution in [0.5, 0.6) is 0 Å². The minimum Gasteiger partial charge on any atom is -0.481 e. The van der Waals surface area contributed by atoms with Gasteiger partial charge in [-0.2, -0.15) is 5.26 Å². The molecule has 0 fully saturated rings. The summed E-state index contributed by atoms with van der Waals surface area (Å²) in [6.45, 7) is 4.50. The molecule has 0 saturated heterocycles. The summed E-state index contributed by atoms with van der Waals surface area (Å²) >= 11 is 0. The highest BCUT2D eigenvalue weighted by molar-refractivity contribution is 5.73. The fourth-order valence-electron chi connectivity index (χ4n) is 1.85. The molecule has 0 aliphatic rings. The minimum absolute atomic E-state index is 0.457. The molecule has 0 bridgehead atoms. The fraction of sp³-hybridized carbons (Fsp3) is 0.429. The lowest BCUT2D eigenvalue weighted by atomic mass is 9.93. The molecule has 0 aliphatic carbocycles. The lowest BCUT2D eigenvalue weighted by Crippen LogP contribution is -2.36. The predicted molar refractivity (Wildman–Crippen MR) is 68.9 cm³/mol. The van der Waals surface area contributed by atoms with Gasteiger partial charge in [0.05, 0.1) is 17.0 Å². The quantitative estimate of drug-likeness (QED) is 0.864. The topological polar surface area (TPSA) is 64.3 Å². The molecule has 0 atom stereocenters. The highest BCUT2D eigenvalue weighted by Gasteiger charge is 2.28. The molecule has 0 saturated carbocycles. The summed E-state index contributed by atoms with van der Waals surface area (Å²) in [6, 6.07) is 9.45. The zero-order chi connectivity index (χ0) is 13.8. The molecule has 0 aliphatic heterocycles. The van der Waals surface area contributed by atoms with E-state index in [1.165, 1.54) is 0 Å². The molecule has 0 spiro atoms. The summed E-state index contributed by atoms with van der Waals surface area (Å²) in [6.07, 6.45) is 0. The van der Waals surface area contributed by atoms with E-state index < -0.39 is 11.4 Å². The maximum Gasteiger partial charge on any atom is 0.310 e. The van der Waals surface area contributed by atoms with Crippen molar-refractivity contribution in [2.75, 3.05) is 13.6 Å². The van der Waals surface area contributed by atoms with Crippen molar-refractivity contribution >= 4 is 5.97 Å². The van der Waals surface area contributed by atoms with Crippen LogP contribution in [0, 0.1) is 16.7 Å². The minimum atomic E-state index is -0.805. The average Bonchev–Trinajstić information content (AvgIpc) is 2.28. The smallest absolute Gasteiger partial charge is 0.310 e. The van der Waals surface area contributed by atoms with Crippen molar-refractivity contribution in [3.63, 3.8) is 0 Å². The van der Waals surface area contributed by atoms with Crippen LogP contribution in [0.15, 0.2) is 24.3 Å². The van der Waals surface area contributed by atoms with Gasteiger partial charge in [0.2, 0.25) is 0 Å². The monoisotopic (exact) mass is 246 g/mol. The molecule has 1 aromatic rings. The van der Waals surface area contributed by atoms with E-state index in [-0.39, 0.29) is 0 Å². The molecule has 0 amide bonds. The van der Waals surface area contributed by atoms with Gasteiger partial charge in [0.1, 0.15) is 0 Å². The molecular formula is C14H18N2O2. The number of benzene rings is 1. The first-order valence-electron chi connectivity index (χ1n) is 5.76. The number of aliphatic carboxylic acids is 1. The third-order valence-corrected chi connectivity index (χ3v) is 2.75. The van der Waals surface area contributed by atoms with Gasteiger partial charge in [-0.15, -0.1) is 0 Å². The third-order valence-electron chi connectivity index (χ3n) is 2.75. The van der Waals surface area contributed by atoms with Crippen molar-refractivity contribution in [2.24, 2.45) is 5.41 Å². The van der Waals surface area contributed by atoms with Crippen LogP contribution in [0.1, 0.15) is 25.0 Å². The second kappa shape index (κ2) is 5.65. The van der Waals surface area contributed by atoms with Crippen LogP contribution in [0.4, 0.5) is 0 Å². The number of nitriles is 1. The SMILES string of the molecule is CN(Cc1cccc(C#N)c1)CC(C)(C)C(=O)O. The Morgan fingerprint density at radius 1 is 1.50 bits per heavy atom. The largest absolute Gasteiger partial charge is 0.481 e. The highest BCUT2D eigenvalue weighted by Crippen LogP contribution is 2.18. The fourth-order valence-corrected chi connectivity index (χ4v) is 1.85. The normalized spacial score (nSPS) is 11.3. The first-order chi connectivity index (χ1) is 8.35. The number of carbonyl (C=O) groups is 1. The van der Waals surface area contributed by atoms with Crippen LogP contribution in [0.2, 0.25) is 0 Å². The maximum atomic E-state index is 11.0. The lowest BCUT2D eigenvalue weighted by Gasteiger charge is -2.26. The first-order valence-corrected chi connectivity index (χ1v) is 5.76. The van der Waals surface area contributed by atoms with E-state index in [0.29, 0.717) is 18.7 Å². The third kappa shape index (κ3) is 3.86. The second-order valence-electron chi connectivity index (χ2n) is 5.17. The summed E-state index contributed by atoms with van der Waals surface area (Å²) in [4.78, 5) is 13.0. The Bertz CT molecular complexity index is 475. The van der Waals surface area contributed by atoms with E-state index in [1.807, 2.05) is 30.1 Å². The van der Waals surface area contributed by atoms with Crippen LogP contribution in [0.25, 0.3) is 0 Å². The number of carboxylic acids is 1. The Morgan fingerprint density at radius 2 is 2.17 bits per heavy atom. The van der Waals surface area contributed by atoms with Crippen molar-refractivity contribution in [1.29, 1.82) is 5.26 Å². The molecule has 1 rings (SSSR count). The van der Waals surface area contributed by atoms with Crippen LogP contribution in [0.3, 0.4) is 0 Å². The van der Waals surface area contributed by atoms with Crippen molar-refractivity contribution < 1.29 is 9.90 Å². The summed E-state index contributed by atoms with van der Waals surface area (Å²) in [5.74, 6) is -0.805. The molecule has 1 N–H and O–H groups in total. The van der Waals surface area contributed by atoms with Crippen molar-refractivity contribution in [3.8, 4) is 6.07 Å². The average molecular weight is 246 g/mol. The van der Waals surface area contributed by atoms with Crippen molar-refractivity contribution in [2.45, 2.75) is 20.4 Å². The number of nitrogens with zero attached hydrogens (tertiary/aromatic N) is 2. The maximum absolute atomic E-state index is 11.0. The molecule has 0 unspecified atom stereocenters. The molecule has 96 valence electrons. The Balaban J connectivity index is 2.68. The summed E-state index contributed by atoms with van der Waals surface area (Å²) in [5, 5.41) is 17.9. The van der Waals surface area contributed by atoms with Gasteiger partial charge in [0.15, 0.2) is 0 Å². The van der Waals surface area contributed by atoms with Gasteiger partial charge in [-0.05, 0) is 38.6 Å². The Hall–Kier alpha value is -1.86. The molecule has 0 heterocycles. The zero-order valence-corrected chi connectivity index (χ0v) is 11.0. The number of carboxylic acid groups (broad SMARTS) is 1. The molecule has 4 nitrogen and oxygen atoms in total. The van der Waals surface area contributed by atoms with Gasteiger partial charge in [0.25, 0.3) is 0 Å². The van der Waals surface area contributed by atoms with E-state index in [4.69, 9.17) is 10.4 Å². The Morgan fingerprint density at radius 3 is 2.72 bits per heavy atom. The van der Waals surface area contributed by atoms with Crippen LogP contribution in [-0.4, -0.2) is 29.6 Å². The number of hydrogen-bond acceptors (Lipinski definition) is 3. The van der Waals surface area contributed by atoms with E-state index in [9.17, 15) is 4.79 Å². The molecule has 1 aromatic carbocycles. The van der Waals surface area contributed by atoms with E-state index in [0.717, 1.165) is 5.56 Å². The van der Waals surface area contributed by atoms with Crippen molar-refractivity contribution in [3.05, 3.63) is 35.4 Å². The van der Waals surface area contributed by atoms with Gasteiger partial charge in [0, 0.05) is 13.1 Å². The molecule has 4 heteroatoms.